The first-order valence-electron chi connectivity index (χ1n) is 41.4. The van der Waals surface area contributed by atoms with E-state index >= 15 is 0 Å². The summed E-state index contributed by atoms with van der Waals surface area (Å²) >= 11 is 0. The van der Waals surface area contributed by atoms with Crippen LogP contribution in [-0.2, 0) is 12.0 Å². The summed E-state index contributed by atoms with van der Waals surface area (Å²) in [5.74, 6) is -0.445. The van der Waals surface area contributed by atoms with E-state index in [4.69, 9.17) is 9.97 Å². The van der Waals surface area contributed by atoms with Crippen LogP contribution in [0.25, 0.3) is 90.2 Å². The summed E-state index contributed by atoms with van der Waals surface area (Å²) in [4.78, 5) is 97.5. The van der Waals surface area contributed by atoms with Gasteiger partial charge in [-0.05, 0) is 210 Å². The number of aromatic nitrogens is 17. The van der Waals surface area contributed by atoms with Crippen LogP contribution in [0.1, 0.15) is 109 Å². The minimum absolute atomic E-state index is 0.0623. The number of piperazine rings is 2. The molecule has 1 aliphatic carbocycles. The lowest BCUT2D eigenvalue weighted by atomic mass is 9.86. The van der Waals surface area contributed by atoms with Crippen molar-refractivity contribution in [2.45, 2.75) is 122 Å². The zero-order valence-corrected chi connectivity index (χ0v) is 68.1. The van der Waals surface area contributed by atoms with Gasteiger partial charge in [0.1, 0.15) is 33.9 Å². The highest BCUT2D eigenvalue weighted by Crippen LogP contribution is 2.39. The molecule has 1 saturated carbocycles. The fourth-order valence-corrected chi connectivity index (χ4v) is 18.0. The van der Waals surface area contributed by atoms with Crippen LogP contribution < -0.4 is 42.7 Å². The number of hydrogen-bond donors (Lipinski definition) is 3. The first kappa shape index (κ1) is 77.3. The molecule has 0 aromatic carbocycles. The minimum Gasteiger partial charge on any atom is -0.385 e. The number of anilines is 2. The molecule has 28 nitrogen and oxygen atoms in total. The van der Waals surface area contributed by atoms with Gasteiger partial charge in [0.25, 0.3) is 22.2 Å². The molecule has 21 heterocycles. The Morgan fingerprint density at radius 2 is 0.992 bits per heavy atom. The molecule has 16 aromatic heterocycles. The molecule has 3 N–H and O–H groups in total. The first-order chi connectivity index (χ1) is 58.0. The molecule has 6 fully saturated rings. The SMILES string of the molecule is CCc1nc(C)cn2nc(-c3cc(=O)n4cc(N5CCN6CCC[C@H]6C5)ccc4n3)cc12.Cc1cn2cc(-c3cc(=O)n4cc(C5(O)CCNCC5)ccc4n3)cc(F)c2n1.Cc1cn2cc(-c3cc(=O)n4cc(C5CCN(C)CC5)ccc4n3)cc(F)c2n1.Cc1cn2cc(-c3cc(=O)n4cc(N5CCNC6(CC6)C5)ccc4n3)cc(C)c2n1. The number of nitrogens with one attached hydrogen (secondary N) is 2. The zero-order chi connectivity index (χ0) is 82.6. The predicted octanol–water partition coefficient (Wildman–Crippen LogP) is 10.4. The lowest BCUT2D eigenvalue weighted by molar-refractivity contribution is 0.00555. The number of imidazole rings is 3. The highest BCUT2D eigenvalue weighted by molar-refractivity contribution is 5.70. The van der Waals surface area contributed by atoms with E-state index in [9.17, 15) is 33.1 Å². The van der Waals surface area contributed by atoms with E-state index in [1.807, 2.05) is 104 Å². The van der Waals surface area contributed by atoms with Crippen molar-refractivity contribution in [3.8, 4) is 45.2 Å². The van der Waals surface area contributed by atoms with Crippen LogP contribution >= 0.6 is 0 Å². The Morgan fingerprint density at radius 3 is 1.58 bits per heavy atom. The summed E-state index contributed by atoms with van der Waals surface area (Å²) in [6, 6.07) is 29.0. The molecule has 5 aliphatic heterocycles. The molecule has 30 heteroatoms. The highest BCUT2D eigenvalue weighted by Gasteiger charge is 2.46. The molecule has 16 aromatic rings. The van der Waals surface area contributed by atoms with Gasteiger partial charge in [-0.15, -0.1) is 0 Å². The first-order valence-corrected chi connectivity index (χ1v) is 41.4. The maximum absolute atomic E-state index is 14.4. The van der Waals surface area contributed by atoms with Crippen LogP contribution in [0, 0.1) is 46.3 Å². The third-order valence-corrected chi connectivity index (χ3v) is 24.6. The fourth-order valence-electron chi connectivity index (χ4n) is 18.0. The average molecular weight is 1610 g/mol. The number of fused-ring (bicyclic) bond motifs is 9. The maximum atomic E-state index is 14.4. The summed E-state index contributed by atoms with van der Waals surface area (Å²) in [6.07, 6.45) is 29.5. The number of halogens is 2. The van der Waals surface area contributed by atoms with Crippen LogP contribution in [0.15, 0.2) is 184 Å². The Hall–Kier alpha value is -12.6. The van der Waals surface area contributed by atoms with Gasteiger partial charge in [0, 0.05) is 159 Å². The van der Waals surface area contributed by atoms with Gasteiger partial charge >= 0.3 is 0 Å². The van der Waals surface area contributed by atoms with Crippen molar-refractivity contribution in [1.29, 1.82) is 0 Å². The van der Waals surface area contributed by atoms with Gasteiger partial charge in [-0.2, -0.15) is 5.10 Å². The molecular formula is C90H93F2N23O5. The van der Waals surface area contributed by atoms with Crippen molar-refractivity contribution in [3.63, 3.8) is 0 Å². The van der Waals surface area contributed by atoms with Gasteiger partial charge < -0.3 is 43.6 Å². The summed E-state index contributed by atoms with van der Waals surface area (Å²) in [7, 11) is 2.14. The fraction of sp³-hybridized carbons (Fsp3) is 0.344. The average Bonchev–Trinajstić information content (AvgIpc) is 1.35. The van der Waals surface area contributed by atoms with E-state index in [0.29, 0.717) is 104 Å². The second-order valence-corrected chi connectivity index (χ2v) is 33.2. The number of hydrogen-bond acceptors (Lipinski definition) is 20. The largest absolute Gasteiger partial charge is 0.385 e. The van der Waals surface area contributed by atoms with E-state index in [-0.39, 0.29) is 33.5 Å². The summed E-state index contributed by atoms with van der Waals surface area (Å²) < 4.78 is 42.3. The van der Waals surface area contributed by atoms with Gasteiger partial charge in [0.05, 0.1) is 79.9 Å². The lowest BCUT2D eigenvalue weighted by Crippen LogP contribution is -2.52. The van der Waals surface area contributed by atoms with Crippen molar-refractivity contribution in [2.24, 2.45) is 0 Å². The molecule has 120 heavy (non-hydrogen) atoms. The number of piperidine rings is 2. The predicted molar refractivity (Wildman–Crippen MR) is 458 cm³/mol. The molecule has 612 valence electrons. The molecule has 5 saturated heterocycles. The second-order valence-electron chi connectivity index (χ2n) is 33.2. The molecule has 22 rings (SSSR count). The van der Waals surface area contributed by atoms with Crippen LogP contribution in [-0.4, -0.2) is 186 Å². The highest BCUT2D eigenvalue weighted by atomic mass is 19.1. The third-order valence-electron chi connectivity index (χ3n) is 24.6. The number of nitrogens with zero attached hydrogens (tertiary/aromatic N) is 21. The van der Waals surface area contributed by atoms with Gasteiger partial charge in [-0.25, -0.2) is 48.2 Å². The van der Waals surface area contributed by atoms with E-state index in [2.05, 4.69) is 97.4 Å². The van der Waals surface area contributed by atoms with Crippen LogP contribution in [0.5, 0.6) is 0 Å². The summed E-state index contributed by atoms with van der Waals surface area (Å²) in [5, 5.41) is 22.5. The normalized spacial score (nSPS) is 17.5. The van der Waals surface area contributed by atoms with Gasteiger partial charge in [-0.3, -0.25) is 46.7 Å². The van der Waals surface area contributed by atoms with E-state index < -0.39 is 17.2 Å². The molecule has 6 aliphatic rings. The molecule has 1 atom stereocenters. The Balaban J connectivity index is 0.000000106. The maximum Gasteiger partial charge on any atom is 0.258 e. The molecule has 0 amide bonds. The Labute approximate surface area is 687 Å². The third kappa shape index (κ3) is 15.1. The Kier molecular flexibility index (Phi) is 19.9. The Morgan fingerprint density at radius 1 is 0.475 bits per heavy atom. The number of likely N-dealkylation sites (tertiary alicyclic amines) is 1. The van der Waals surface area contributed by atoms with Crippen molar-refractivity contribution in [2.75, 3.05) is 88.8 Å². The summed E-state index contributed by atoms with van der Waals surface area (Å²) in [6.45, 7) is 22.5. The monoisotopic (exact) mass is 1610 g/mol. The zero-order valence-electron chi connectivity index (χ0n) is 68.1. The van der Waals surface area contributed by atoms with Crippen LogP contribution in [0.2, 0.25) is 0 Å². The van der Waals surface area contributed by atoms with Crippen molar-refractivity contribution < 1.29 is 13.9 Å². The number of rotatable bonds is 9. The second kappa shape index (κ2) is 31.0. The van der Waals surface area contributed by atoms with E-state index in [1.54, 1.807) is 84.2 Å². The smallest absolute Gasteiger partial charge is 0.258 e. The lowest BCUT2D eigenvalue weighted by Gasteiger charge is -2.38. The summed E-state index contributed by atoms with van der Waals surface area (Å²) in [5.41, 5.74) is 17.6. The van der Waals surface area contributed by atoms with Gasteiger partial charge in [0.2, 0.25) is 0 Å². The molecule has 0 unspecified atom stereocenters. The molecule has 0 radical (unpaired) electrons. The van der Waals surface area contributed by atoms with Crippen molar-refractivity contribution >= 4 is 56.4 Å². The quantitative estimate of drug-likeness (QED) is 0.121. The van der Waals surface area contributed by atoms with Crippen LogP contribution in [0.3, 0.4) is 0 Å². The topological polar surface area (TPSA) is 277 Å². The number of pyridine rings is 7. The van der Waals surface area contributed by atoms with E-state index in [0.717, 1.165) is 141 Å². The van der Waals surface area contributed by atoms with E-state index in [1.165, 1.54) is 66.5 Å². The van der Waals surface area contributed by atoms with Crippen molar-refractivity contribution in [1.82, 2.24) is 101 Å². The number of aryl methyl sites for hydroxylation is 6. The van der Waals surface area contributed by atoms with Gasteiger partial charge in [0.15, 0.2) is 22.9 Å². The van der Waals surface area contributed by atoms with Crippen LogP contribution in [0.4, 0.5) is 20.2 Å². The van der Waals surface area contributed by atoms with Crippen molar-refractivity contribution in [3.05, 3.63) is 263 Å². The van der Waals surface area contributed by atoms with Gasteiger partial charge in [-0.1, -0.05) is 19.1 Å². The molecule has 1 spiro atoms. The Bertz CT molecular complexity index is 7000. The standard InChI is InChI=1S/C24H27N7O.C23H24N6O.C22H22FN5O.C21H20FN5O2/c1-3-19-22-11-21(27-31(22)13-16(2)25-19)20-12-24(32)30-15-18(6-7-23(30)26-20)29-10-9-28-8-4-5-17(28)14-29;1-15-9-17(12-28-11-16(2)25-22(15)28)19-10-21(30)29-13-18(3-4-20(29)26-19)27-8-7-24-23(14-27)5-6-23;1-14-11-27-12-17(9-18(23)22(27)24-14)19-10-21(29)28-13-16(3-4-20(28)25-19)15-5-7-26(2)8-6-15;1-13-10-26-11-14(8-16(22)20(26)24-13)17-9-19(28)27-12-15(2-3-18(27)25-17)21(29)4-6-23-7-5-21/h6-7,11-13,15,17H,3-5,8-10,14H2,1-2H3;3-4,9-13,24H,5-8,14H2,1-2H3;3-4,9-13,15H,5-8H2,1-2H3;2-3,8-12,23,29H,4-7H2,1H3/t17-;;;/m0.../s1. The number of aliphatic hydroxyl groups is 1. The minimum atomic E-state index is -0.953. The molecule has 0 bridgehead atoms. The molecular weight excluding hydrogens is 1520 g/mol.